The molecule has 1 saturated heterocycles. The Bertz CT molecular complexity index is 544. The maximum absolute atomic E-state index is 11.2. The minimum absolute atomic E-state index is 0.0139. The molecule has 0 radical (unpaired) electrons. The monoisotopic (exact) mass is 354 g/mol. The number of ether oxygens (including phenoxy) is 1. The van der Waals surface area contributed by atoms with Crippen molar-refractivity contribution < 1.29 is 9.66 Å². The molecule has 0 amide bonds. The van der Waals surface area contributed by atoms with Gasteiger partial charge in [-0.15, -0.1) is 0 Å². The van der Waals surface area contributed by atoms with Crippen LogP contribution in [0.15, 0.2) is 22.7 Å². The molecule has 1 unspecified atom stereocenters. The molecule has 1 N–H and O–H groups in total. The Morgan fingerprint density at radius 1 is 1.38 bits per heavy atom. The quantitative estimate of drug-likeness (QED) is 0.650. The van der Waals surface area contributed by atoms with Crippen molar-refractivity contribution in [3.8, 4) is 0 Å². The molecule has 114 valence electrons. The van der Waals surface area contributed by atoms with Gasteiger partial charge in [0, 0.05) is 23.2 Å². The van der Waals surface area contributed by atoms with Crippen LogP contribution in [0.5, 0.6) is 0 Å². The van der Waals surface area contributed by atoms with Crippen molar-refractivity contribution in [3.05, 3.63) is 32.8 Å². The van der Waals surface area contributed by atoms with Crippen LogP contribution < -0.4 is 5.32 Å². The summed E-state index contributed by atoms with van der Waals surface area (Å²) in [6, 6.07) is 5.41. The fraction of sp³-hybridized carbons (Fsp3) is 0.600. The van der Waals surface area contributed by atoms with Crippen molar-refractivity contribution in [3.63, 3.8) is 0 Å². The second-order valence-corrected chi connectivity index (χ2v) is 6.91. The molecule has 0 bridgehead atoms. The van der Waals surface area contributed by atoms with E-state index in [1.54, 1.807) is 12.1 Å². The Labute approximate surface area is 132 Å². The molecule has 1 heterocycles. The van der Waals surface area contributed by atoms with Crippen LogP contribution in [-0.2, 0) is 4.74 Å². The molecule has 2 fully saturated rings. The third kappa shape index (κ3) is 3.21. The van der Waals surface area contributed by atoms with E-state index in [2.05, 4.69) is 21.2 Å². The summed E-state index contributed by atoms with van der Waals surface area (Å²) in [5, 5.41) is 14.6. The molecule has 1 aromatic carbocycles. The van der Waals surface area contributed by atoms with Crippen molar-refractivity contribution in [1.82, 2.24) is 0 Å². The molecule has 5 nitrogen and oxygen atoms in total. The molecule has 6 heteroatoms. The zero-order valence-electron chi connectivity index (χ0n) is 11.8. The van der Waals surface area contributed by atoms with Crippen LogP contribution in [0.25, 0.3) is 0 Å². The lowest BCUT2D eigenvalue weighted by Crippen LogP contribution is -2.42. The van der Waals surface area contributed by atoms with E-state index in [-0.39, 0.29) is 22.3 Å². The number of nitro groups is 1. The molecule has 1 atom stereocenters. The third-order valence-electron chi connectivity index (χ3n) is 4.52. The molecule has 1 aromatic rings. The van der Waals surface area contributed by atoms with Crippen molar-refractivity contribution >= 4 is 27.3 Å². The number of nitro benzene ring substituents is 1. The molecular formula is C15H19BrN2O3. The van der Waals surface area contributed by atoms with Gasteiger partial charge in [0.2, 0.25) is 0 Å². The summed E-state index contributed by atoms with van der Waals surface area (Å²) in [6.07, 6.45) is 6.53. The van der Waals surface area contributed by atoms with Crippen LogP contribution in [0.3, 0.4) is 0 Å². The van der Waals surface area contributed by atoms with Crippen molar-refractivity contribution in [2.75, 3.05) is 11.9 Å². The van der Waals surface area contributed by atoms with Gasteiger partial charge >= 0.3 is 0 Å². The van der Waals surface area contributed by atoms with Crippen molar-refractivity contribution in [1.29, 1.82) is 0 Å². The lowest BCUT2D eigenvalue weighted by molar-refractivity contribution is -0.384. The summed E-state index contributed by atoms with van der Waals surface area (Å²) in [4.78, 5) is 10.8. The standard InChI is InChI=1S/C15H19BrN2O3/c16-11-3-4-13(14(9-11)18(19)20)17-12-5-8-21-15(10-12)6-1-2-7-15/h3-4,9,12,17H,1-2,5-8,10H2. The van der Waals surface area contributed by atoms with E-state index in [0.717, 1.165) is 36.8 Å². The van der Waals surface area contributed by atoms with Crippen LogP contribution in [0.2, 0.25) is 0 Å². The van der Waals surface area contributed by atoms with E-state index in [1.807, 2.05) is 6.07 Å². The molecule has 21 heavy (non-hydrogen) atoms. The van der Waals surface area contributed by atoms with Crippen LogP contribution in [-0.4, -0.2) is 23.2 Å². The number of benzene rings is 1. The number of anilines is 1. The van der Waals surface area contributed by atoms with Gasteiger partial charge in [-0.2, -0.15) is 0 Å². The molecule has 1 aliphatic heterocycles. The zero-order chi connectivity index (χ0) is 14.9. The molecule has 0 aromatic heterocycles. The van der Waals surface area contributed by atoms with Gasteiger partial charge in [0.1, 0.15) is 5.69 Å². The third-order valence-corrected chi connectivity index (χ3v) is 5.02. The van der Waals surface area contributed by atoms with Gasteiger partial charge in [-0.1, -0.05) is 28.8 Å². The number of hydrogen-bond acceptors (Lipinski definition) is 4. The molecule has 1 aliphatic carbocycles. The zero-order valence-corrected chi connectivity index (χ0v) is 13.4. The van der Waals surface area contributed by atoms with E-state index in [1.165, 1.54) is 12.8 Å². The highest BCUT2D eigenvalue weighted by Gasteiger charge is 2.40. The summed E-state index contributed by atoms with van der Waals surface area (Å²) < 4.78 is 6.73. The maximum atomic E-state index is 11.2. The average molecular weight is 355 g/mol. The van der Waals surface area contributed by atoms with E-state index < -0.39 is 0 Å². The first-order valence-electron chi connectivity index (χ1n) is 7.42. The first-order chi connectivity index (χ1) is 10.1. The van der Waals surface area contributed by atoms with E-state index in [9.17, 15) is 10.1 Å². The average Bonchev–Trinajstić information content (AvgIpc) is 2.88. The SMILES string of the molecule is O=[N+]([O-])c1cc(Br)ccc1NC1CCOC2(CCCC2)C1. The van der Waals surface area contributed by atoms with Crippen molar-refractivity contribution in [2.24, 2.45) is 0 Å². The Morgan fingerprint density at radius 2 is 2.14 bits per heavy atom. The highest BCUT2D eigenvalue weighted by molar-refractivity contribution is 9.10. The van der Waals surface area contributed by atoms with Gasteiger partial charge in [0.05, 0.1) is 10.5 Å². The van der Waals surface area contributed by atoms with Gasteiger partial charge in [-0.3, -0.25) is 10.1 Å². The lowest BCUT2D eigenvalue weighted by atomic mass is 9.89. The van der Waals surface area contributed by atoms with Gasteiger partial charge in [-0.05, 0) is 37.8 Å². The highest BCUT2D eigenvalue weighted by atomic mass is 79.9. The minimum atomic E-state index is -0.336. The Kier molecular flexibility index (Phi) is 4.17. The largest absolute Gasteiger partial charge is 0.377 e. The summed E-state index contributed by atoms with van der Waals surface area (Å²) >= 11 is 3.29. The Morgan fingerprint density at radius 3 is 2.86 bits per heavy atom. The van der Waals surface area contributed by atoms with Gasteiger partial charge in [0.25, 0.3) is 5.69 Å². The second-order valence-electron chi connectivity index (χ2n) is 5.99. The van der Waals surface area contributed by atoms with E-state index in [0.29, 0.717) is 5.69 Å². The summed E-state index contributed by atoms with van der Waals surface area (Å²) in [6.45, 7) is 0.738. The minimum Gasteiger partial charge on any atom is -0.377 e. The number of halogens is 1. The predicted octanol–water partition coefficient (Wildman–Crippen LogP) is 4.26. The summed E-state index contributed by atoms with van der Waals surface area (Å²) in [7, 11) is 0. The van der Waals surface area contributed by atoms with E-state index in [4.69, 9.17) is 4.74 Å². The first-order valence-corrected chi connectivity index (χ1v) is 8.22. The number of hydrogen-bond donors (Lipinski definition) is 1. The Balaban J connectivity index is 1.75. The number of rotatable bonds is 3. The van der Waals surface area contributed by atoms with Crippen LogP contribution in [0, 0.1) is 10.1 Å². The van der Waals surface area contributed by atoms with E-state index >= 15 is 0 Å². The normalized spacial score (nSPS) is 24.1. The highest BCUT2D eigenvalue weighted by Crippen LogP contribution is 2.41. The second kappa shape index (κ2) is 5.93. The molecule has 2 aliphatic rings. The molecule has 3 rings (SSSR count). The van der Waals surface area contributed by atoms with Crippen molar-refractivity contribution in [2.45, 2.75) is 50.2 Å². The number of nitrogens with one attached hydrogen (secondary N) is 1. The Hall–Kier alpha value is -1.14. The van der Waals surface area contributed by atoms with Crippen LogP contribution in [0.1, 0.15) is 38.5 Å². The van der Waals surface area contributed by atoms with Crippen LogP contribution in [0.4, 0.5) is 11.4 Å². The molecular weight excluding hydrogens is 336 g/mol. The molecule has 1 spiro atoms. The fourth-order valence-corrected chi connectivity index (χ4v) is 3.87. The lowest BCUT2D eigenvalue weighted by Gasteiger charge is -2.38. The van der Waals surface area contributed by atoms with Gasteiger partial charge in [0.15, 0.2) is 0 Å². The topological polar surface area (TPSA) is 64.4 Å². The molecule has 1 saturated carbocycles. The predicted molar refractivity (Wildman–Crippen MR) is 84.6 cm³/mol. The number of nitrogens with zero attached hydrogens (tertiary/aromatic N) is 1. The summed E-state index contributed by atoms with van der Waals surface area (Å²) in [5.74, 6) is 0. The fourth-order valence-electron chi connectivity index (χ4n) is 3.52. The van der Waals surface area contributed by atoms with Crippen LogP contribution >= 0.6 is 15.9 Å². The van der Waals surface area contributed by atoms with Gasteiger partial charge in [-0.25, -0.2) is 0 Å². The smallest absolute Gasteiger partial charge is 0.293 e. The summed E-state index contributed by atoms with van der Waals surface area (Å²) in [5.41, 5.74) is 0.736. The maximum Gasteiger partial charge on any atom is 0.293 e. The van der Waals surface area contributed by atoms with Gasteiger partial charge < -0.3 is 10.1 Å². The first kappa shape index (κ1) is 14.8.